The Morgan fingerprint density at radius 1 is 0.923 bits per heavy atom. The van der Waals surface area contributed by atoms with Gasteiger partial charge in [-0.3, -0.25) is 0 Å². The first-order valence-corrected chi connectivity index (χ1v) is 8.37. The normalized spacial score (nSPS) is 9.92. The largest absolute Gasteiger partial charge is 0.494 e. The van der Waals surface area contributed by atoms with Gasteiger partial charge in [-0.15, -0.1) is 0 Å². The van der Waals surface area contributed by atoms with Crippen molar-refractivity contribution in [2.24, 2.45) is 0 Å². The van der Waals surface area contributed by atoms with Crippen molar-refractivity contribution >= 4 is 0 Å². The zero-order valence-corrected chi connectivity index (χ0v) is 15.2. The summed E-state index contributed by atoms with van der Waals surface area (Å²) in [6, 6.07) is 13.4. The smallest absolute Gasteiger partial charge is 0.230 e. The molecule has 5 nitrogen and oxygen atoms in total. The molecule has 5 heteroatoms. The summed E-state index contributed by atoms with van der Waals surface area (Å²) in [6.45, 7) is 8.53. The van der Waals surface area contributed by atoms with E-state index in [1.165, 1.54) is 11.8 Å². The van der Waals surface area contributed by atoms with Crippen molar-refractivity contribution in [1.29, 1.82) is 0 Å². The highest BCUT2D eigenvalue weighted by molar-refractivity contribution is 5.35. The van der Waals surface area contributed by atoms with E-state index in [-0.39, 0.29) is 6.79 Å². The third-order valence-corrected chi connectivity index (χ3v) is 3.43. The van der Waals surface area contributed by atoms with Gasteiger partial charge in [-0.1, -0.05) is 30.0 Å². The Bertz CT molecular complexity index is 718. The van der Waals surface area contributed by atoms with E-state index in [1.807, 2.05) is 43.3 Å². The number of rotatable bonds is 11. The van der Waals surface area contributed by atoms with E-state index < -0.39 is 0 Å². The van der Waals surface area contributed by atoms with Crippen LogP contribution >= 0.6 is 0 Å². The second-order valence-electron chi connectivity index (χ2n) is 5.59. The highest BCUT2D eigenvalue weighted by Gasteiger charge is 2.01. The summed E-state index contributed by atoms with van der Waals surface area (Å²) in [4.78, 5) is 9.51. The summed E-state index contributed by atoms with van der Waals surface area (Å²) in [6.07, 6.45) is 1.95. The van der Waals surface area contributed by atoms with Crippen molar-refractivity contribution in [1.82, 2.24) is 0 Å². The number of hydrogen-bond acceptors (Lipinski definition) is 5. The maximum atomic E-state index is 5.66. The van der Waals surface area contributed by atoms with Crippen molar-refractivity contribution in [3.63, 3.8) is 0 Å². The molecule has 0 aromatic heterocycles. The van der Waals surface area contributed by atoms with Crippen LogP contribution < -0.4 is 14.2 Å². The minimum Gasteiger partial charge on any atom is -0.494 e. The molecule has 138 valence electrons. The van der Waals surface area contributed by atoms with Gasteiger partial charge in [-0.2, -0.15) is 4.89 Å². The van der Waals surface area contributed by atoms with Gasteiger partial charge in [0.1, 0.15) is 17.2 Å². The van der Waals surface area contributed by atoms with Crippen LogP contribution in [0.2, 0.25) is 0 Å². The van der Waals surface area contributed by atoms with Gasteiger partial charge >= 0.3 is 0 Å². The quantitative estimate of drug-likeness (QED) is 0.145. The lowest BCUT2D eigenvalue weighted by molar-refractivity contribution is -0.249. The van der Waals surface area contributed by atoms with Crippen LogP contribution in [-0.4, -0.2) is 20.0 Å². The molecule has 0 heterocycles. The molecule has 2 rings (SSSR count). The minimum absolute atomic E-state index is 0.153. The fourth-order valence-corrected chi connectivity index (χ4v) is 2.18. The van der Waals surface area contributed by atoms with Crippen LogP contribution in [0, 0.1) is 13.8 Å². The van der Waals surface area contributed by atoms with Gasteiger partial charge in [-0.25, -0.2) is 0 Å². The first kappa shape index (κ1) is 19.4. The Hall–Kier alpha value is -2.88. The zero-order chi connectivity index (χ0) is 18.6. The predicted octanol–water partition coefficient (Wildman–Crippen LogP) is 4.73. The molecule has 0 fully saturated rings. The van der Waals surface area contributed by atoms with Crippen LogP contribution in [0.3, 0.4) is 0 Å². The van der Waals surface area contributed by atoms with Crippen molar-refractivity contribution in [3.05, 3.63) is 72.2 Å². The second kappa shape index (κ2) is 10.9. The number of benzene rings is 2. The average Bonchev–Trinajstić information content (AvgIpc) is 2.64. The fraction of sp³-hybridized carbons (Fsp3) is 0.286. The summed E-state index contributed by atoms with van der Waals surface area (Å²) in [5.74, 6) is 2.31. The summed E-state index contributed by atoms with van der Waals surface area (Å²) in [5, 5.41) is 0. The summed E-state index contributed by atoms with van der Waals surface area (Å²) < 4.78 is 16.9. The zero-order valence-electron chi connectivity index (χ0n) is 15.2. The molecule has 0 aliphatic heterocycles. The third-order valence-electron chi connectivity index (χ3n) is 3.43. The van der Waals surface area contributed by atoms with E-state index in [0.717, 1.165) is 22.8 Å². The van der Waals surface area contributed by atoms with Crippen LogP contribution in [0.25, 0.3) is 0 Å². The first-order chi connectivity index (χ1) is 12.7. The maximum Gasteiger partial charge on any atom is 0.230 e. The highest BCUT2D eigenvalue weighted by Crippen LogP contribution is 2.20. The Morgan fingerprint density at radius 3 is 2.35 bits per heavy atom. The van der Waals surface area contributed by atoms with Gasteiger partial charge in [0.15, 0.2) is 6.26 Å². The lowest BCUT2D eigenvalue weighted by Crippen LogP contribution is -2.06. The molecule has 0 saturated heterocycles. The van der Waals surface area contributed by atoms with Crippen LogP contribution in [0.15, 0.2) is 61.0 Å². The molecule has 0 spiro atoms. The van der Waals surface area contributed by atoms with Crippen LogP contribution in [-0.2, 0) is 9.78 Å². The predicted molar refractivity (Wildman–Crippen MR) is 99.3 cm³/mol. The molecule has 0 N–H and O–H groups in total. The van der Waals surface area contributed by atoms with E-state index >= 15 is 0 Å². The van der Waals surface area contributed by atoms with Crippen molar-refractivity contribution in [2.45, 2.75) is 20.3 Å². The Kier molecular flexibility index (Phi) is 8.13. The van der Waals surface area contributed by atoms with E-state index in [0.29, 0.717) is 19.6 Å². The molecule has 0 aliphatic rings. The van der Waals surface area contributed by atoms with E-state index in [2.05, 4.69) is 30.2 Å². The fourth-order valence-electron chi connectivity index (χ4n) is 2.18. The number of aryl methyl sites for hydroxylation is 2. The Morgan fingerprint density at radius 2 is 1.65 bits per heavy atom. The van der Waals surface area contributed by atoms with Gasteiger partial charge in [0.05, 0.1) is 13.2 Å². The van der Waals surface area contributed by atoms with Gasteiger partial charge in [-0.05, 0) is 49.7 Å². The molecule has 0 atom stereocenters. The van der Waals surface area contributed by atoms with Gasteiger partial charge in [0.2, 0.25) is 6.79 Å². The van der Waals surface area contributed by atoms with Gasteiger partial charge in [0.25, 0.3) is 0 Å². The van der Waals surface area contributed by atoms with E-state index in [4.69, 9.17) is 19.1 Å². The average molecular weight is 356 g/mol. The van der Waals surface area contributed by atoms with Crippen molar-refractivity contribution in [3.8, 4) is 17.2 Å². The van der Waals surface area contributed by atoms with Gasteiger partial charge < -0.3 is 19.1 Å². The third kappa shape index (κ3) is 6.93. The molecule has 0 bridgehead atoms. The SMILES string of the molecule is C=C=COOCCCOc1ccc(OCOc2ccc(C)cc2C)cc1. The minimum atomic E-state index is 0.153. The summed E-state index contributed by atoms with van der Waals surface area (Å²) in [5.41, 5.74) is 4.74. The molecule has 2 aromatic carbocycles. The van der Waals surface area contributed by atoms with E-state index in [1.54, 1.807) is 0 Å². The van der Waals surface area contributed by atoms with Crippen molar-refractivity contribution < 1.29 is 24.0 Å². The Balaban J connectivity index is 1.66. The molecule has 0 radical (unpaired) electrons. The van der Waals surface area contributed by atoms with Crippen molar-refractivity contribution in [2.75, 3.05) is 20.0 Å². The standard InChI is InChI=1S/C21H24O5/c1-4-12-25-26-14-5-13-22-19-7-9-20(10-8-19)23-16-24-21-11-6-17(2)15-18(21)3/h6-12,15H,1,5,13-14,16H2,2-3H3. The second-order valence-corrected chi connectivity index (χ2v) is 5.59. The highest BCUT2D eigenvalue weighted by atomic mass is 17.2. The molecule has 2 aromatic rings. The van der Waals surface area contributed by atoms with Crippen LogP contribution in [0.4, 0.5) is 0 Å². The molecule has 0 aliphatic carbocycles. The van der Waals surface area contributed by atoms with Crippen LogP contribution in [0.1, 0.15) is 17.5 Å². The molecule has 0 amide bonds. The molecular weight excluding hydrogens is 332 g/mol. The summed E-state index contributed by atoms with van der Waals surface area (Å²) in [7, 11) is 0. The number of ether oxygens (including phenoxy) is 3. The summed E-state index contributed by atoms with van der Waals surface area (Å²) >= 11 is 0. The topological polar surface area (TPSA) is 46.2 Å². The first-order valence-electron chi connectivity index (χ1n) is 8.37. The Labute approximate surface area is 154 Å². The molecule has 26 heavy (non-hydrogen) atoms. The van der Waals surface area contributed by atoms with Gasteiger partial charge in [0, 0.05) is 6.42 Å². The molecule has 0 unspecified atom stereocenters. The van der Waals surface area contributed by atoms with Crippen LogP contribution in [0.5, 0.6) is 17.2 Å². The maximum absolute atomic E-state index is 5.66. The molecular formula is C21H24O5. The lowest BCUT2D eigenvalue weighted by atomic mass is 10.1. The number of hydrogen-bond donors (Lipinski definition) is 0. The lowest BCUT2D eigenvalue weighted by Gasteiger charge is -2.11. The molecule has 0 saturated carbocycles. The monoisotopic (exact) mass is 356 g/mol. The van der Waals surface area contributed by atoms with E-state index in [9.17, 15) is 0 Å².